The highest BCUT2D eigenvalue weighted by atomic mass is 32.2. The number of nitrogens with one attached hydrogen (secondary N) is 1. The van der Waals surface area contributed by atoms with Crippen molar-refractivity contribution in [2.75, 3.05) is 0 Å². The number of benzene rings is 2. The molecule has 3 aromatic rings. The minimum absolute atomic E-state index is 0.0273. The van der Waals surface area contributed by atoms with Crippen LogP contribution >= 0.6 is 11.8 Å². The van der Waals surface area contributed by atoms with Crippen LogP contribution in [0, 0.1) is 0 Å². The second kappa shape index (κ2) is 7.88. The Balaban J connectivity index is 1.65. The van der Waals surface area contributed by atoms with E-state index < -0.39 is 0 Å². The number of carbonyl (C=O) groups is 1. The zero-order chi connectivity index (χ0) is 18.6. The molecular weight excluding hydrogens is 356 g/mol. The van der Waals surface area contributed by atoms with Crippen molar-refractivity contribution in [3.63, 3.8) is 0 Å². The first-order valence-electron chi connectivity index (χ1n) is 9.03. The van der Waals surface area contributed by atoms with Crippen LogP contribution in [0.15, 0.2) is 65.8 Å². The van der Waals surface area contributed by atoms with Crippen molar-refractivity contribution in [3.8, 4) is 22.5 Å². The van der Waals surface area contributed by atoms with Crippen LogP contribution in [0.5, 0.6) is 0 Å². The van der Waals surface area contributed by atoms with E-state index in [1.165, 1.54) is 11.8 Å². The molecule has 1 amide bonds. The Kier molecular flexibility index (Phi) is 5.16. The summed E-state index contributed by atoms with van der Waals surface area (Å²) < 4.78 is 0. The average molecular weight is 376 g/mol. The molecule has 5 nitrogen and oxygen atoms in total. The fraction of sp³-hybridized carbons (Fsp3) is 0.238. The second-order valence-electron chi connectivity index (χ2n) is 6.57. The first-order chi connectivity index (χ1) is 13.2. The van der Waals surface area contributed by atoms with Gasteiger partial charge >= 0.3 is 0 Å². The maximum absolute atomic E-state index is 12.2. The molecule has 1 N–H and O–H groups in total. The number of carbonyl (C=O) groups excluding carboxylic acids is 1. The van der Waals surface area contributed by atoms with Crippen LogP contribution in [0.4, 0.5) is 0 Å². The van der Waals surface area contributed by atoms with Crippen molar-refractivity contribution in [2.24, 2.45) is 0 Å². The Labute approximate surface area is 162 Å². The van der Waals surface area contributed by atoms with Crippen LogP contribution in [0.1, 0.15) is 19.8 Å². The number of hydrogen-bond donors (Lipinski definition) is 1. The number of amides is 1. The molecule has 1 aliphatic carbocycles. The van der Waals surface area contributed by atoms with Crippen LogP contribution in [0.3, 0.4) is 0 Å². The predicted molar refractivity (Wildman–Crippen MR) is 107 cm³/mol. The summed E-state index contributed by atoms with van der Waals surface area (Å²) >= 11 is 1.34. The minimum atomic E-state index is -0.265. The first-order valence-corrected chi connectivity index (χ1v) is 9.91. The Hall–Kier alpha value is -2.73. The third-order valence-corrected chi connectivity index (χ3v) is 5.29. The summed E-state index contributed by atoms with van der Waals surface area (Å²) in [7, 11) is 0. The number of nitrogens with zero attached hydrogens (tertiary/aromatic N) is 3. The van der Waals surface area contributed by atoms with Crippen LogP contribution < -0.4 is 5.32 Å². The summed E-state index contributed by atoms with van der Waals surface area (Å²) in [6.45, 7) is 1.87. The fourth-order valence-electron chi connectivity index (χ4n) is 2.71. The molecule has 136 valence electrons. The zero-order valence-electron chi connectivity index (χ0n) is 15.0. The van der Waals surface area contributed by atoms with Gasteiger partial charge in [0, 0.05) is 17.2 Å². The Morgan fingerprint density at radius 2 is 1.56 bits per heavy atom. The number of rotatable bonds is 6. The summed E-state index contributed by atoms with van der Waals surface area (Å²) in [4.78, 5) is 17.0. The van der Waals surface area contributed by atoms with Gasteiger partial charge in [0.05, 0.1) is 5.25 Å². The molecule has 1 heterocycles. The Morgan fingerprint density at radius 3 is 2.15 bits per heavy atom. The summed E-state index contributed by atoms with van der Waals surface area (Å²) in [5, 5.41) is 12.0. The van der Waals surface area contributed by atoms with Crippen LogP contribution in [0.2, 0.25) is 0 Å². The van der Waals surface area contributed by atoms with Crippen molar-refractivity contribution in [1.29, 1.82) is 0 Å². The number of thioether (sulfide) groups is 1. The molecular formula is C21H20N4OS. The molecule has 0 saturated heterocycles. The highest BCUT2D eigenvalue weighted by molar-refractivity contribution is 8.00. The Morgan fingerprint density at radius 1 is 0.963 bits per heavy atom. The van der Waals surface area contributed by atoms with Gasteiger partial charge in [-0.25, -0.2) is 4.98 Å². The molecule has 6 heteroatoms. The SMILES string of the molecule is CC(Sc1nnc(-c2ccccc2)c(-c2ccccc2)n1)C(=O)NC1CC1. The lowest BCUT2D eigenvalue weighted by atomic mass is 10.0. The van der Waals surface area contributed by atoms with E-state index in [-0.39, 0.29) is 11.2 Å². The van der Waals surface area contributed by atoms with Crippen molar-refractivity contribution in [3.05, 3.63) is 60.7 Å². The van der Waals surface area contributed by atoms with Crippen molar-refractivity contribution < 1.29 is 4.79 Å². The van der Waals surface area contributed by atoms with Crippen LogP contribution in [-0.4, -0.2) is 32.4 Å². The molecule has 1 aliphatic rings. The Bertz CT molecular complexity index is 929. The fourth-order valence-corrected chi connectivity index (χ4v) is 3.43. The van der Waals surface area contributed by atoms with Crippen molar-refractivity contribution in [2.45, 2.75) is 36.2 Å². The van der Waals surface area contributed by atoms with Gasteiger partial charge in [0.2, 0.25) is 11.1 Å². The highest BCUT2D eigenvalue weighted by Gasteiger charge is 2.26. The van der Waals surface area contributed by atoms with Gasteiger partial charge in [-0.2, -0.15) is 0 Å². The molecule has 27 heavy (non-hydrogen) atoms. The largest absolute Gasteiger partial charge is 0.352 e. The molecule has 2 aromatic carbocycles. The van der Waals surface area contributed by atoms with E-state index >= 15 is 0 Å². The van der Waals surface area contributed by atoms with E-state index in [0.29, 0.717) is 11.2 Å². The maximum Gasteiger partial charge on any atom is 0.233 e. The average Bonchev–Trinajstić information content (AvgIpc) is 3.53. The predicted octanol–water partition coefficient (Wildman–Crippen LogP) is 3.96. The van der Waals surface area contributed by atoms with E-state index in [1.54, 1.807) is 0 Å². The van der Waals surface area contributed by atoms with Crippen LogP contribution in [-0.2, 0) is 4.79 Å². The second-order valence-corrected chi connectivity index (χ2v) is 7.87. The van der Waals surface area contributed by atoms with Gasteiger partial charge < -0.3 is 5.32 Å². The summed E-state index contributed by atoms with van der Waals surface area (Å²) in [5.74, 6) is 0.0273. The summed E-state index contributed by atoms with van der Waals surface area (Å²) in [6.07, 6.45) is 2.15. The standard InChI is InChI=1S/C21H20N4OS/c1-14(20(26)22-17-12-13-17)27-21-23-18(15-8-4-2-5-9-15)19(24-25-21)16-10-6-3-7-11-16/h2-11,14,17H,12-13H2,1H3,(H,22,26). The lowest BCUT2D eigenvalue weighted by molar-refractivity contribution is -0.120. The monoisotopic (exact) mass is 376 g/mol. The molecule has 0 aliphatic heterocycles. The third-order valence-electron chi connectivity index (χ3n) is 4.34. The topological polar surface area (TPSA) is 67.8 Å². The van der Waals surface area contributed by atoms with Gasteiger partial charge in [-0.1, -0.05) is 72.4 Å². The number of aromatic nitrogens is 3. The van der Waals surface area contributed by atoms with E-state index in [4.69, 9.17) is 4.98 Å². The molecule has 1 unspecified atom stereocenters. The van der Waals surface area contributed by atoms with Gasteiger partial charge in [-0.3, -0.25) is 4.79 Å². The van der Waals surface area contributed by atoms with Gasteiger partial charge in [0.25, 0.3) is 0 Å². The molecule has 4 rings (SSSR count). The summed E-state index contributed by atoms with van der Waals surface area (Å²) in [5.41, 5.74) is 3.45. The highest BCUT2D eigenvalue weighted by Crippen LogP contribution is 2.30. The van der Waals surface area contributed by atoms with Gasteiger partial charge in [0.15, 0.2) is 0 Å². The van der Waals surface area contributed by atoms with E-state index in [0.717, 1.165) is 35.4 Å². The van der Waals surface area contributed by atoms with Gasteiger partial charge in [0.1, 0.15) is 11.4 Å². The van der Waals surface area contributed by atoms with Crippen molar-refractivity contribution >= 4 is 17.7 Å². The summed E-state index contributed by atoms with van der Waals surface area (Å²) in [6, 6.07) is 20.2. The van der Waals surface area contributed by atoms with Gasteiger partial charge in [-0.05, 0) is 19.8 Å². The normalized spacial score (nSPS) is 14.6. The van der Waals surface area contributed by atoms with Crippen molar-refractivity contribution in [1.82, 2.24) is 20.5 Å². The van der Waals surface area contributed by atoms with Crippen LogP contribution in [0.25, 0.3) is 22.5 Å². The van der Waals surface area contributed by atoms with E-state index in [1.807, 2.05) is 67.6 Å². The molecule has 1 aromatic heterocycles. The molecule has 1 fully saturated rings. The minimum Gasteiger partial charge on any atom is -0.352 e. The molecule has 1 atom stereocenters. The maximum atomic E-state index is 12.2. The lowest BCUT2D eigenvalue weighted by Gasteiger charge is -2.12. The zero-order valence-corrected chi connectivity index (χ0v) is 15.8. The third kappa shape index (κ3) is 4.34. The molecule has 0 spiro atoms. The molecule has 0 bridgehead atoms. The lowest BCUT2D eigenvalue weighted by Crippen LogP contribution is -2.32. The quantitative estimate of drug-likeness (QED) is 0.660. The van der Waals surface area contributed by atoms with E-state index in [9.17, 15) is 4.79 Å². The molecule has 1 saturated carbocycles. The smallest absolute Gasteiger partial charge is 0.233 e. The first kappa shape index (κ1) is 17.7. The van der Waals surface area contributed by atoms with E-state index in [2.05, 4.69) is 15.5 Å². The molecule has 0 radical (unpaired) electrons. The number of hydrogen-bond acceptors (Lipinski definition) is 5. The van der Waals surface area contributed by atoms with Gasteiger partial charge in [-0.15, -0.1) is 10.2 Å².